The Labute approximate surface area is 100 Å². The van der Waals surface area contributed by atoms with Gasteiger partial charge in [0.2, 0.25) is 5.88 Å². The largest absolute Gasteiger partial charge is 0.477 e. The lowest BCUT2D eigenvalue weighted by atomic mass is 10.2. The smallest absolute Gasteiger partial charge is 0.233 e. The topological polar surface area (TPSA) is 72.0 Å². The molecule has 0 amide bonds. The van der Waals surface area contributed by atoms with Crippen LogP contribution in [0, 0.1) is 5.41 Å². The van der Waals surface area contributed by atoms with E-state index in [4.69, 9.17) is 27.5 Å². The first-order valence-electron chi connectivity index (χ1n) is 5.28. The molecular weight excluding hydrogens is 226 g/mol. The van der Waals surface area contributed by atoms with E-state index in [0.29, 0.717) is 23.1 Å². The minimum atomic E-state index is -0.0780. The maximum Gasteiger partial charge on any atom is 0.233 e. The fraction of sp³-hybridized carbons (Fsp3) is 0.455. The number of hydrogen-bond acceptors (Lipinski definition) is 3. The van der Waals surface area contributed by atoms with Crippen molar-refractivity contribution in [2.24, 2.45) is 5.73 Å². The van der Waals surface area contributed by atoms with Crippen molar-refractivity contribution in [1.82, 2.24) is 4.98 Å². The van der Waals surface area contributed by atoms with E-state index in [1.54, 1.807) is 6.07 Å². The number of rotatable bonds is 6. The first-order valence-corrected chi connectivity index (χ1v) is 5.66. The first kappa shape index (κ1) is 12.8. The molecule has 3 N–H and O–H groups in total. The summed E-state index contributed by atoms with van der Waals surface area (Å²) in [5.74, 6) is 0.274. The molecule has 0 unspecified atom stereocenters. The summed E-state index contributed by atoms with van der Waals surface area (Å²) in [6.07, 6.45) is 4.76. The van der Waals surface area contributed by atoms with Crippen LogP contribution in [0.1, 0.15) is 31.7 Å². The average molecular weight is 242 g/mol. The van der Waals surface area contributed by atoms with Crippen LogP contribution in [0.5, 0.6) is 5.88 Å². The van der Waals surface area contributed by atoms with Gasteiger partial charge in [-0.25, -0.2) is 4.98 Å². The van der Waals surface area contributed by atoms with E-state index in [1.165, 1.54) is 6.20 Å². The van der Waals surface area contributed by atoms with Crippen LogP contribution in [0.15, 0.2) is 12.3 Å². The van der Waals surface area contributed by atoms with Crippen molar-refractivity contribution >= 4 is 17.4 Å². The Kier molecular flexibility index (Phi) is 5.05. The third-order valence-electron chi connectivity index (χ3n) is 2.13. The molecule has 0 bridgehead atoms. The van der Waals surface area contributed by atoms with Crippen LogP contribution in [-0.4, -0.2) is 17.4 Å². The predicted molar refractivity (Wildman–Crippen MR) is 65.3 cm³/mol. The Bertz CT molecular complexity index is 368. The van der Waals surface area contributed by atoms with Gasteiger partial charge in [-0.15, -0.1) is 0 Å². The molecule has 0 spiro atoms. The van der Waals surface area contributed by atoms with Crippen LogP contribution >= 0.6 is 11.6 Å². The molecule has 1 aromatic rings. The van der Waals surface area contributed by atoms with Crippen molar-refractivity contribution in [3.8, 4) is 5.88 Å². The molecule has 1 rings (SSSR count). The third-order valence-corrected chi connectivity index (χ3v) is 2.50. The number of amidine groups is 1. The van der Waals surface area contributed by atoms with Crippen molar-refractivity contribution < 1.29 is 4.74 Å². The highest BCUT2D eigenvalue weighted by molar-refractivity contribution is 6.35. The molecule has 0 saturated heterocycles. The molecule has 0 aliphatic carbocycles. The monoisotopic (exact) mass is 241 g/mol. The highest BCUT2D eigenvalue weighted by Crippen LogP contribution is 2.25. The van der Waals surface area contributed by atoms with Gasteiger partial charge in [0.05, 0.1) is 6.61 Å². The molecule has 1 heterocycles. The Morgan fingerprint density at radius 2 is 2.31 bits per heavy atom. The second kappa shape index (κ2) is 6.33. The Morgan fingerprint density at radius 1 is 1.56 bits per heavy atom. The number of nitrogen functional groups attached to an aromatic ring is 1. The summed E-state index contributed by atoms with van der Waals surface area (Å²) in [7, 11) is 0. The van der Waals surface area contributed by atoms with E-state index >= 15 is 0 Å². The lowest BCUT2D eigenvalue weighted by molar-refractivity contribution is 0.295. The van der Waals surface area contributed by atoms with Gasteiger partial charge < -0.3 is 10.5 Å². The van der Waals surface area contributed by atoms with Crippen LogP contribution in [0.25, 0.3) is 0 Å². The first-order chi connectivity index (χ1) is 7.66. The SMILES string of the molecule is CCCCCOc1nccc(C(=N)N)c1Cl. The summed E-state index contributed by atoms with van der Waals surface area (Å²) in [4.78, 5) is 4.01. The van der Waals surface area contributed by atoms with Crippen LogP contribution < -0.4 is 10.5 Å². The van der Waals surface area contributed by atoms with E-state index in [-0.39, 0.29) is 5.84 Å². The molecule has 0 aromatic carbocycles. The summed E-state index contributed by atoms with van der Waals surface area (Å²) in [5, 5.41) is 7.64. The van der Waals surface area contributed by atoms with Crippen LogP contribution in [0.4, 0.5) is 0 Å². The number of pyridine rings is 1. The summed E-state index contributed by atoms with van der Waals surface area (Å²) in [6, 6.07) is 1.60. The van der Waals surface area contributed by atoms with Gasteiger partial charge in [0.1, 0.15) is 10.9 Å². The Hall–Kier alpha value is -1.29. The molecule has 88 valence electrons. The fourth-order valence-corrected chi connectivity index (χ4v) is 1.52. The normalized spacial score (nSPS) is 10.1. The molecule has 0 aliphatic heterocycles. The zero-order valence-corrected chi connectivity index (χ0v) is 10.0. The third kappa shape index (κ3) is 3.38. The van der Waals surface area contributed by atoms with E-state index < -0.39 is 0 Å². The van der Waals surface area contributed by atoms with Crippen LogP contribution in [0.2, 0.25) is 5.02 Å². The molecule has 0 aliphatic rings. The van der Waals surface area contributed by atoms with Gasteiger partial charge in [0, 0.05) is 11.8 Å². The fourth-order valence-electron chi connectivity index (χ4n) is 1.25. The molecule has 0 atom stereocenters. The van der Waals surface area contributed by atoms with Crippen molar-refractivity contribution in [2.45, 2.75) is 26.2 Å². The minimum Gasteiger partial charge on any atom is -0.477 e. The molecule has 5 heteroatoms. The van der Waals surface area contributed by atoms with Crippen molar-refractivity contribution in [3.05, 3.63) is 22.8 Å². The van der Waals surface area contributed by atoms with Gasteiger partial charge in [0.25, 0.3) is 0 Å². The average Bonchev–Trinajstić information content (AvgIpc) is 2.26. The molecule has 0 saturated carbocycles. The van der Waals surface area contributed by atoms with E-state index in [9.17, 15) is 0 Å². The predicted octanol–water partition coefficient (Wildman–Crippen LogP) is 2.59. The Morgan fingerprint density at radius 3 is 2.94 bits per heavy atom. The molecule has 4 nitrogen and oxygen atoms in total. The number of hydrogen-bond donors (Lipinski definition) is 2. The van der Waals surface area contributed by atoms with E-state index in [0.717, 1.165) is 19.3 Å². The minimum absolute atomic E-state index is 0.0780. The molecule has 0 radical (unpaired) electrons. The van der Waals surface area contributed by atoms with Gasteiger partial charge in [-0.05, 0) is 12.5 Å². The summed E-state index contributed by atoms with van der Waals surface area (Å²) in [5.41, 5.74) is 5.84. The van der Waals surface area contributed by atoms with Gasteiger partial charge in [-0.3, -0.25) is 5.41 Å². The zero-order valence-electron chi connectivity index (χ0n) is 9.29. The second-order valence-corrected chi connectivity index (χ2v) is 3.82. The quantitative estimate of drug-likeness (QED) is 0.457. The van der Waals surface area contributed by atoms with Crippen molar-refractivity contribution in [3.63, 3.8) is 0 Å². The highest BCUT2D eigenvalue weighted by atomic mass is 35.5. The number of nitrogens with two attached hydrogens (primary N) is 1. The van der Waals surface area contributed by atoms with Crippen LogP contribution in [0.3, 0.4) is 0 Å². The zero-order chi connectivity index (χ0) is 12.0. The summed E-state index contributed by atoms with van der Waals surface area (Å²) >= 11 is 6.01. The second-order valence-electron chi connectivity index (χ2n) is 3.45. The maximum atomic E-state index is 7.33. The van der Waals surface area contributed by atoms with Crippen LogP contribution in [-0.2, 0) is 0 Å². The van der Waals surface area contributed by atoms with Gasteiger partial charge >= 0.3 is 0 Å². The summed E-state index contributed by atoms with van der Waals surface area (Å²) in [6.45, 7) is 2.71. The number of halogens is 1. The number of aromatic nitrogens is 1. The lowest BCUT2D eigenvalue weighted by Gasteiger charge is -2.08. The lowest BCUT2D eigenvalue weighted by Crippen LogP contribution is -2.12. The van der Waals surface area contributed by atoms with Crippen molar-refractivity contribution in [1.29, 1.82) is 5.41 Å². The standard InChI is InChI=1S/C11H16ClN3O/c1-2-3-4-7-16-11-9(12)8(10(13)14)5-6-15-11/h5-6H,2-4,7H2,1H3,(H3,13,14). The number of ether oxygens (including phenoxy) is 1. The molecular formula is C11H16ClN3O. The summed E-state index contributed by atoms with van der Waals surface area (Å²) < 4.78 is 5.43. The number of nitrogens with zero attached hydrogens (tertiary/aromatic N) is 1. The van der Waals surface area contributed by atoms with Gasteiger partial charge in [0.15, 0.2) is 0 Å². The van der Waals surface area contributed by atoms with Crippen molar-refractivity contribution in [2.75, 3.05) is 6.61 Å². The van der Waals surface area contributed by atoms with E-state index in [1.807, 2.05) is 0 Å². The number of unbranched alkanes of at least 4 members (excludes halogenated alkanes) is 2. The number of nitrogens with one attached hydrogen (secondary N) is 1. The molecule has 0 fully saturated rings. The van der Waals surface area contributed by atoms with Gasteiger partial charge in [-0.2, -0.15) is 0 Å². The molecule has 1 aromatic heterocycles. The van der Waals surface area contributed by atoms with E-state index in [2.05, 4.69) is 11.9 Å². The molecule has 16 heavy (non-hydrogen) atoms. The van der Waals surface area contributed by atoms with Gasteiger partial charge in [-0.1, -0.05) is 31.4 Å². The maximum absolute atomic E-state index is 7.33. The highest BCUT2D eigenvalue weighted by Gasteiger charge is 2.10. The Balaban J connectivity index is 2.66.